The van der Waals surface area contributed by atoms with Gasteiger partial charge in [0.15, 0.2) is 15.8 Å². The summed E-state index contributed by atoms with van der Waals surface area (Å²) in [6.07, 6.45) is 2.36. The number of guanidine groups is 1. The first-order valence-corrected chi connectivity index (χ1v) is 9.43. The van der Waals surface area contributed by atoms with Crippen LogP contribution in [0.1, 0.15) is 26.0 Å². The number of nitrogens with one attached hydrogen (secondary N) is 1. The van der Waals surface area contributed by atoms with Crippen molar-refractivity contribution in [2.45, 2.75) is 32.9 Å². The lowest BCUT2D eigenvalue weighted by Gasteiger charge is -2.23. The molecule has 1 unspecified atom stereocenters. The van der Waals surface area contributed by atoms with Crippen LogP contribution < -0.4 is 5.32 Å². The van der Waals surface area contributed by atoms with Crippen molar-refractivity contribution in [2.24, 2.45) is 10.9 Å². The highest BCUT2D eigenvalue weighted by Crippen LogP contribution is 2.18. The van der Waals surface area contributed by atoms with E-state index in [4.69, 9.17) is 4.42 Å². The Morgan fingerprint density at radius 1 is 1.52 bits per heavy atom. The second kappa shape index (κ2) is 8.91. The van der Waals surface area contributed by atoms with E-state index in [-0.39, 0.29) is 41.7 Å². The number of sulfone groups is 1. The fourth-order valence-corrected chi connectivity index (χ4v) is 4.33. The quantitative estimate of drug-likeness (QED) is 0.418. The molecule has 1 aliphatic heterocycles. The van der Waals surface area contributed by atoms with Gasteiger partial charge in [-0.3, -0.25) is 4.99 Å². The molecular weight excluding hydrogens is 429 g/mol. The van der Waals surface area contributed by atoms with E-state index < -0.39 is 9.84 Å². The van der Waals surface area contributed by atoms with Crippen LogP contribution in [0.3, 0.4) is 0 Å². The summed E-state index contributed by atoms with van der Waals surface area (Å²) in [6.45, 7) is 5.26. The summed E-state index contributed by atoms with van der Waals surface area (Å²) in [4.78, 5) is 6.61. The van der Waals surface area contributed by atoms with Crippen molar-refractivity contribution in [3.8, 4) is 0 Å². The molecule has 1 aromatic heterocycles. The minimum atomic E-state index is -2.85. The van der Waals surface area contributed by atoms with Gasteiger partial charge in [-0.2, -0.15) is 0 Å². The third kappa shape index (κ3) is 6.70. The van der Waals surface area contributed by atoms with Crippen LogP contribution in [-0.2, 0) is 16.4 Å². The minimum absolute atomic E-state index is 0. The highest BCUT2D eigenvalue weighted by Gasteiger charge is 2.27. The van der Waals surface area contributed by atoms with E-state index in [0.717, 1.165) is 11.7 Å². The fourth-order valence-electron chi connectivity index (χ4n) is 2.48. The molecule has 1 aromatic rings. The van der Waals surface area contributed by atoms with Crippen molar-refractivity contribution in [3.63, 3.8) is 0 Å². The summed E-state index contributed by atoms with van der Waals surface area (Å²) in [5.41, 5.74) is 0. The van der Waals surface area contributed by atoms with Gasteiger partial charge < -0.3 is 14.6 Å². The molecule has 0 bridgehead atoms. The van der Waals surface area contributed by atoms with Crippen molar-refractivity contribution in [2.75, 3.05) is 25.1 Å². The molecule has 0 aliphatic carbocycles. The largest absolute Gasteiger partial charge is 0.467 e. The summed E-state index contributed by atoms with van der Waals surface area (Å²) in [5.74, 6) is 2.32. The zero-order valence-electron chi connectivity index (χ0n) is 13.9. The van der Waals surface area contributed by atoms with Gasteiger partial charge in [0.1, 0.15) is 5.76 Å². The van der Waals surface area contributed by atoms with Crippen LogP contribution in [0.25, 0.3) is 0 Å². The third-order valence-electron chi connectivity index (χ3n) is 3.58. The van der Waals surface area contributed by atoms with Gasteiger partial charge in [-0.05, 0) is 38.3 Å². The van der Waals surface area contributed by atoms with Crippen molar-refractivity contribution < 1.29 is 12.8 Å². The van der Waals surface area contributed by atoms with E-state index in [1.807, 2.05) is 24.1 Å². The average molecular weight is 455 g/mol. The Balaban J connectivity index is 0.00000264. The second-order valence-corrected chi connectivity index (χ2v) is 8.40. The van der Waals surface area contributed by atoms with Crippen LogP contribution in [0.5, 0.6) is 0 Å². The van der Waals surface area contributed by atoms with E-state index in [1.165, 1.54) is 0 Å². The van der Waals surface area contributed by atoms with Gasteiger partial charge in [-0.15, -0.1) is 24.0 Å². The Hall–Kier alpha value is -0.770. The van der Waals surface area contributed by atoms with E-state index in [1.54, 1.807) is 6.26 Å². The van der Waals surface area contributed by atoms with Gasteiger partial charge in [-0.1, -0.05) is 0 Å². The van der Waals surface area contributed by atoms with Crippen LogP contribution in [-0.4, -0.2) is 50.4 Å². The predicted molar refractivity (Wildman–Crippen MR) is 103 cm³/mol. The van der Waals surface area contributed by atoms with Crippen LogP contribution in [0.15, 0.2) is 27.8 Å². The van der Waals surface area contributed by atoms with Crippen LogP contribution >= 0.6 is 24.0 Å². The molecule has 6 nitrogen and oxygen atoms in total. The van der Waals surface area contributed by atoms with Gasteiger partial charge >= 0.3 is 0 Å². The molecule has 23 heavy (non-hydrogen) atoms. The molecule has 1 N–H and O–H groups in total. The molecule has 1 atom stereocenters. The zero-order chi connectivity index (χ0) is 16.2. The predicted octanol–water partition coefficient (Wildman–Crippen LogP) is 2.12. The Bertz CT molecular complexity index is 599. The van der Waals surface area contributed by atoms with Crippen LogP contribution in [0.2, 0.25) is 0 Å². The average Bonchev–Trinajstić information content (AvgIpc) is 3.03. The molecule has 1 aliphatic rings. The van der Waals surface area contributed by atoms with Crippen LogP contribution in [0, 0.1) is 5.92 Å². The monoisotopic (exact) mass is 455 g/mol. The maximum Gasteiger partial charge on any atom is 0.194 e. The Kier molecular flexibility index (Phi) is 7.85. The number of hydrogen-bond acceptors (Lipinski definition) is 4. The lowest BCUT2D eigenvalue weighted by Crippen LogP contribution is -2.42. The Morgan fingerprint density at radius 3 is 2.78 bits per heavy atom. The minimum Gasteiger partial charge on any atom is -0.467 e. The fraction of sp³-hybridized carbons (Fsp3) is 0.667. The normalized spacial score (nSPS) is 20.3. The number of furan rings is 1. The SMILES string of the molecule is CC(C)NC(=NCC1CCS(=O)(=O)C1)N(C)Cc1ccco1.I. The first kappa shape index (κ1) is 20.3. The molecule has 1 saturated heterocycles. The van der Waals surface area contributed by atoms with E-state index in [2.05, 4.69) is 24.2 Å². The van der Waals surface area contributed by atoms with Gasteiger partial charge in [0.05, 0.1) is 24.3 Å². The molecule has 0 saturated carbocycles. The van der Waals surface area contributed by atoms with Crippen molar-refractivity contribution in [1.29, 1.82) is 0 Å². The van der Waals surface area contributed by atoms with Crippen molar-refractivity contribution in [3.05, 3.63) is 24.2 Å². The van der Waals surface area contributed by atoms with Gasteiger partial charge in [0.25, 0.3) is 0 Å². The summed E-state index contributed by atoms with van der Waals surface area (Å²) in [7, 11) is -0.899. The lowest BCUT2D eigenvalue weighted by atomic mass is 10.1. The molecule has 0 spiro atoms. The first-order valence-electron chi connectivity index (χ1n) is 7.60. The molecule has 2 rings (SSSR count). The maximum absolute atomic E-state index is 11.5. The molecular formula is C15H26IN3O3S. The number of aliphatic imine (C=N–C) groups is 1. The maximum atomic E-state index is 11.5. The number of rotatable bonds is 5. The van der Waals surface area contributed by atoms with Crippen LogP contribution in [0.4, 0.5) is 0 Å². The summed E-state index contributed by atoms with van der Waals surface area (Å²) >= 11 is 0. The number of halogens is 1. The molecule has 0 radical (unpaired) electrons. The summed E-state index contributed by atoms with van der Waals surface area (Å²) < 4.78 is 28.4. The smallest absolute Gasteiger partial charge is 0.194 e. The van der Waals surface area contributed by atoms with Gasteiger partial charge in [-0.25, -0.2) is 8.42 Å². The molecule has 1 fully saturated rings. The third-order valence-corrected chi connectivity index (χ3v) is 5.42. The first-order chi connectivity index (χ1) is 10.4. The lowest BCUT2D eigenvalue weighted by molar-refractivity contribution is 0.395. The molecule has 0 amide bonds. The molecule has 8 heteroatoms. The van der Waals surface area contributed by atoms with Gasteiger partial charge in [0, 0.05) is 19.6 Å². The highest BCUT2D eigenvalue weighted by atomic mass is 127. The Labute approximate surface area is 155 Å². The standard InChI is InChI=1S/C15H25N3O3S.HI/c1-12(2)17-15(18(3)10-14-5-4-7-21-14)16-9-13-6-8-22(19,20)11-13;/h4-5,7,12-13H,6,8-11H2,1-3H3,(H,16,17);1H. The summed E-state index contributed by atoms with van der Waals surface area (Å²) in [6, 6.07) is 4.04. The van der Waals surface area contributed by atoms with E-state index in [9.17, 15) is 8.42 Å². The zero-order valence-corrected chi connectivity index (χ0v) is 17.0. The van der Waals surface area contributed by atoms with E-state index >= 15 is 0 Å². The van der Waals surface area contributed by atoms with E-state index in [0.29, 0.717) is 25.3 Å². The second-order valence-electron chi connectivity index (χ2n) is 6.17. The highest BCUT2D eigenvalue weighted by molar-refractivity contribution is 14.0. The Morgan fingerprint density at radius 2 is 2.26 bits per heavy atom. The summed E-state index contributed by atoms with van der Waals surface area (Å²) in [5, 5.41) is 3.32. The molecule has 132 valence electrons. The van der Waals surface area contributed by atoms with Crippen molar-refractivity contribution >= 4 is 39.8 Å². The molecule has 2 heterocycles. The number of hydrogen-bond donors (Lipinski definition) is 1. The topological polar surface area (TPSA) is 74.9 Å². The van der Waals surface area contributed by atoms with Gasteiger partial charge in [0.2, 0.25) is 0 Å². The van der Waals surface area contributed by atoms with Crippen molar-refractivity contribution in [1.82, 2.24) is 10.2 Å². The molecule has 0 aromatic carbocycles. The number of nitrogens with zero attached hydrogens (tertiary/aromatic N) is 2.